The van der Waals surface area contributed by atoms with Crippen LogP contribution in [-0.4, -0.2) is 104 Å². The van der Waals surface area contributed by atoms with Crippen molar-refractivity contribution in [2.75, 3.05) is 48.4 Å². The maximum Gasteiger partial charge on any atom is 0.416 e. The summed E-state index contributed by atoms with van der Waals surface area (Å²) in [5.41, 5.74) is 3.22. The molecule has 3 aromatic heterocycles. The number of hydrogen-bond acceptors (Lipinski definition) is 13. The van der Waals surface area contributed by atoms with Crippen LogP contribution in [0.1, 0.15) is 99.4 Å². The maximum atomic E-state index is 13.3. The number of benzene rings is 2. The van der Waals surface area contributed by atoms with Gasteiger partial charge in [-0.3, -0.25) is 48.6 Å². The van der Waals surface area contributed by atoms with Crippen molar-refractivity contribution in [3.05, 3.63) is 107 Å². The van der Waals surface area contributed by atoms with Crippen molar-refractivity contribution in [1.82, 2.24) is 35.2 Å². The summed E-state index contributed by atoms with van der Waals surface area (Å²) >= 11 is 0. The van der Waals surface area contributed by atoms with Gasteiger partial charge in [0.1, 0.15) is 11.7 Å². The van der Waals surface area contributed by atoms with Gasteiger partial charge in [-0.1, -0.05) is 23.8 Å². The Morgan fingerprint density at radius 1 is 0.899 bits per heavy atom. The third-order valence-corrected chi connectivity index (χ3v) is 12.0. The number of piperidine rings is 1. The Kier molecular flexibility index (Phi) is 14.7. The number of rotatable bonds is 18. The number of carbonyl (C=O) groups excluding carboxylic acids is 6. The van der Waals surface area contributed by atoms with Gasteiger partial charge in [-0.15, -0.1) is 5.10 Å². The van der Waals surface area contributed by atoms with E-state index in [-0.39, 0.29) is 47.5 Å². The molecule has 8 rings (SSSR count). The lowest BCUT2D eigenvalue weighted by Gasteiger charge is -2.30. The molecule has 0 bridgehead atoms. The summed E-state index contributed by atoms with van der Waals surface area (Å²) in [5.74, 6) is -3.07. The SMILES string of the molecule is Cc1ncc(NC(=O)c2cccc(C(F)(F)F)c2)cc1-c1cnc(OCCCCc2cn(CCCCCC(=O)Nc3cccc4c3C(=O)N(C3CCC(=O)NC3=O)C4=O)nn2)c(N2CCOCC2)c1. The Morgan fingerprint density at radius 3 is 2.51 bits per heavy atom. The average molecular weight is 951 g/mol. The largest absolute Gasteiger partial charge is 0.476 e. The van der Waals surface area contributed by atoms with Crippen LogP contribution in [0.3, 0.4) is 0 Å². The monoisotopic (exact) mass is 950 g/mol. The fourth-order valence-electron chi connectivity index (χ4n) is 8.37. The topological polar surface area (TPSA) is 220 Å². The molecule has 360 valence electrons. The molecule has 6 amide bonds. The molecule has 1 unspecified atom stereocenters. The van der Waals surface area contributed by atoms with Gasteiger partial charge in [-0.25, -0.2) is 4.98 Å². The van der Waals surface area contributed by atoms with Gasteiger partial charge in [0.25, 0.3) is 17.7 Å². The highest BCUT2D eigenvalue weighted by molar-refractivity contribution is 6.26. The number of halogens is 3. The smallest absolute Gasteiger partial charge is 0.416 e. The van der Waals surface area contributed by atoms with E-state index in [4.69, 9.17) is 14.5 Å². The normalized spacial score (nSPS) is 16.1. The number of anilines is 3. The number of nitrogens with zero attached hydrogens (tertiary/aromatic N) is 7. The van der Waals surface area contributed by atoms with Gasteiger partial charge < -0.3 is 25.0 Å². The van der Waals surface area contributed by atoms with Crippen LogP contribution in [-0.2, 0) is 38.3 Å². The van der Waals surface area contributed by atoms with Crippen molar-refractivity contribution in [3.63, 3.8) is 0 Å². The van der Waals surface area contributed by atoms with Gasteiger partial charge in [0, 0.05) is 67.3 Å². The zero-order valence-electron chi connectivity index (χ0n) is 37.6. The number of unbranched alkanes of at least 4 members (excludes halogenated alkanes) is 3. The minimum absolute atomic E-state index is 0.00679. The van der Waals surface area contributed by atoms with Crippen LogP contribution in [0.2, 0.25) is 0 Å². The average Bonchev–Trinajstić information content (AvgIpc) is 3.90. The molecule has 6 heterocycles. The number of hydrogen-bond donors (Lipinski definition) is 3. The van der Waals surface area contributed by atoms with E-state index in [0.29, 0.717) is 87.1 Å². The predicted molar refractivity (Wildman–Crippen MR) is 243 cm³/mol. The number of alkyl halides is 3. The molecule has 2 saturated heterocycles. The maximum absolute atomic E-state index is 13.3. The molecule has 3 aliphatic rings. The second kappa shape index (κ2) is 21.2. The van der Waals surface area contributed by atoms with E-state index in [2.05, 4.69) is 36.1 Å². The van der Waals surface area contributed by atoms with E-state index in [1.807, 2.05) is 19.2 Å². The first kappa shape index (κ1) is 47.9. The Hall–Kier alpha value is -7.55. The molecular formula is C48H49F3N10O8. The fourth-order valence-corrected chi connectivity index (χ4v) is 8.37. The van der Waals surface area contributed by atoms with Crippen molar-refractivity contribution >= 4 is 52.5 Å². The summed E-state index contributed by atoms with van der Waals surface area (Å²) in [6, 6.07) is 11.4. The molecule has 3 N–H and O–H groups in total. The standard InChI is InChI=1S/C48H49F3N10O8/c1-29-36(25-34(27-52-29)54-43(64)30-9-7-10-32(23-30)48(49,50)51)31-24-39(59-18-21-68-22-19-59)45(53-26-31)69-20-6-4-11-33-28-60(58-57-33)17-5-2-3-14-40(62)55-37-13-8-12-35-42(37)47(67)61(46(35)66)38-15-16-41(63)56-44(38)65/h7-10,12-13,23-28,38H,2-6,11,14-22H2,1H3,(H,54,64)(H,55,62)(H,56,63,65). The lowest BCUT2D eigenvalue weighted by molar-refractivity contribution is -0.138. The number of morpholine rings is 1. The molecule has 5 aromatic rings. The van der Waals surface area contributed by atoms with Crippen molar-refractivity contribution in [3.8, 4) is 17.0 Å². The minimum Gasteiger partial charge on any atom is -0.476 e. The van der Waals surface area contributed by atoms with Crippen molar-refractivity contribution in [2.24, 2.45) is 0 Å². The third kappa shape index (κ3) is 11.4. The molecule has 2 fully saturated rings. The summed E-state index contributed by atoms with van der Waals surface area (Å²) in [6.45, 7) is 5.12. The van der Waals surface area contributed by atoms with Gasteiger partial charge >= 0.3 is 6.18 Å². The van der Waals surface area contributed by atoms with Crippen molar-refractivity contribution in [1.29, 1.82) is 0 Å². The number of fused-ring (bicyclic) bond motifs is 1. The Labute approximate surface area is 393 Å². The number of aromatic nitrogens is 5. The fraction of sp³-hybridized carbons (Fsp3) is 0.375. The molecule has 0 radical (unpaired) electrons. The number of carbonyl (C=O) groups is 6. The molecule has 0 saturated carbocycles. The second-order valence-electron chi connectivity index (χ2n) is 16.9. The zero-order chi connectivity index (χ0) is 48.7. The molecule has 3 aliphatic heterocycles. The Morgan fingerprint density at radius 2 is 1.71 bits per heavy atom. The molecule has 2 aromatic carbocycles. The Bertz CT molecular complexity index is 2770. The minimum atomic E-state index is -4.59. The van der Waals surface area contributed by atoms with E-state index in [1.54, 1.807) is 29.1 Å². The summed E-state index contributed by atoms with van der Waals surface area (Å²) in [7, 11) is 0. The molecular weight excluding hydrogens is 902 g/mol. The van der Waals surface area contributed by atoms with Crippen LogP contribution in [0.5, 0.6) is 5.88 Å². The first-order valence-electron chi connectivity index (χ1n) is 22.7. The molecule has 0 spiro atoms. The predicted octanol–water partition coefficient (Wildman–Crippen LogP) is 6.15. The van der Waals surface area contributed by atoms with Gasteiger partial charge in [-0.2, -0.15) is 13.2 Å². The third-order valence-electron chi connectivity index (χ3n) is 12.0. The van der Waals surface area contributed by atoms with Gasteiger partial charge in [0.05, 0.1) is 59.8 Å². The zero-order valence-corrected chi connectivity index (χ0v) is 37.6. The van der Waals surface area contributed by atoms with Crippen LogP contribution >= 0.6 is 0 Å². The number of ether oxygens (including phenoxy) is 2. The summed E-state index contributed by atoms with van der Waals surface area (Å²) in [6.07, 6.45) is 4.88. The van der Waals surface area contributed by atoms with E-state index in [0.717, 1.165) is 47.7 Å². The first-order valence-corrected chi connectivity index (χ1v) is 22.7. The Balaban J connectivity index is 0.782. The number of pyridine rings is 2. The molecule has 1 atom stereocenters. The van der Waals surface area contributed by atoms with Gasteiger partial charge in [0.15, 0.2) is 0 Å². The summed E-state index contributed by atoms with van der Waals surface area (Å²) in [5, 5.41) is 16.2. The highest BCUT2D eigenvalue weighted by atomic mass is 19.4. The van der Waals surface area contributed by atoms with Crippen LogP contribution in [0.4, 0.5) is 30.2 Å². The lowest BCUT2D eigenvalue weighted by atomic mass is 10.0. The number of imide groups is 2. The van der Waals surface area contributed by atoms with E-state index >= 15 is 0 Å². The molecule has 0 aliphatic carbocycles. The molecule has 18 nitrogen and oxygen atoms in total. The van der Waals surface area contributed by atoms with Gasteiger partial charge in [-0.05, 0) is 87.9 Å². The summed E-state index contributed by atoms with van der Waals surface area (Å²) < 4.78 is 53.4. The number of nitrogens with one attached hydrogen (secondary N) is 3. The van der Waals surface area contributed by atoms with Gasteiger partial charge in [0.2, 0.25) is 23.6 Å². The highest BCUT2D eigenvalue weighted by Gasteiger charge is 2.45. The second-order valence-corrected chi connectivity index (χ2v) is 16.9. The van der Waals surface area contributed by atoms with Crippen LogP contribution in [0.15, 0.2) is 73.2 Å². The van der Waals surface area contributed by atoms with E-state index in [1.165, 1.54) is 24.4 Å². The molecule has 69 heavy (non-hydrogen) atoms. The van der Waals surface area contributed by atoms with E-state index in [9.17, 15) is 41.9 Å². The number of amides is 6. The first-order chi connectivity index (χ1) is 33.2. The quantitative estimate of drug-likeness (QED) is 0.0664. The lowest BCUT2D eigenvalue weighted by Crippen LogP contribution is -2.54. The van der Waals surface area contributed by atoms with Crippen LogP contribution < -0.4 is 25.6 Å². The van der Waals surface area contributed by atoms with Crippen LogP contribution in [0, 0.1) is 6.92 Å². The molecule has 21 heteroatoms. The number of aryl methyl sites for hydroxylation is 3. The summed E-state index contributed by atoms with van der Waals surface area (Å²) in [4.78, 5) is 88.5. The van der Waals surface area contributed by atoms with E-state index < -0.39 is 47.3 Å². The highest BCUT2D eigenvalue weighted by Crippen LogP contribution is 2.36. The van der Waals surface area contributed by atoms with Crippen LogP contribution in [0.25, 0.3) is 11.1 Å². The van der Waals surface area contributed by atoms with Crippen molar-refractivity contribution in [2.45, 2.75) is 83.5 Å². The van der Waals surface area contributed by atoms with Crippen molar-refractivity contribution < 1.29 is 51.4 Å².